The van der Waals surface area contributed by atoms with Gasteiger partial charge < -0.3 is 9.47 Å². The van der Waals surface area contributed by atoms with E-state index in [1.807, 2.05) is 0 Å². The monoisotopic (exact) mass is 285 g/mol. The predicted molar refractivity (Wildman–Crippen MR) is 76.3 cm³/mol. The number of aromatic nitrogens is 2. The van der Waals surface area contributed by atoms with Crippen LogP contribution in [0.1, 0.15) is 12.0 Å². The van der Waals surface area contributed by atoms with Crippen molar-refractivity contribution in [1.29, 1.82) is 0 Å². The average Bonchev–Trinajstić information content (AvgIpc) is 2.54. The number of hydrogen-bond donors (Lipinski definition) is 0. The molecule has 0 atom stereocenters. The van der Waals surface area contributed by atoms with Gasteiger partial charge in [-0.1, -0.05) is 0 Å². The number of pyridine rings is 2. The second-order valence-corrected chi connectivity index (χ2v) is 5.86. The van der Waals surface area contributed by atoms with E-state index < -0.39 is 0 Å². The second kappa shape index (κ2) is 4.98. The van der Waals surface area contributed by atoms with Crippen LogP contribution in [-0.2, 0) is 6.42 Å². The quantitative estimate of drug-likeness (QED) is 0.806. The number of rotatable bonds is 1. The highest BCUT2D eigenvalue weighted by atomic mass is 32.2. The fraction of sp³-hybridized carbons (Fsp3) is 0.333. The number of ether oxygens (including phenoxy) is 2. The maximum absolute atomic E-state index is 5.65. The van der Waals surface area contributed by atoms with Crippen molar-refractivity contribution in [3.63, 3.8) is 0 Å². The third-order valence-corrected chi connectivity index (χ3v) is 4.49. The molecule has 4 rings (SSSR count). The average molecular weight is 285 g/mol. The number of thioether (sulfide) groups is 1. The predicted octanol–water partition coefficient (Wildman–Crippen LogP) is 2.75. The zero-order valence-corrected chi connectivity index (χ0v) is 11.7. The molecular formula is C15H13N2O2S. The third kappa shape index (κ3) is 2.02. The summed E-state index contributed by atoms with van der Waals surface area (Å²) in [5.74, 6) is 2.71. The Morgan fingerprint density at radius 1 is 1.20 bits per heavy atom. The van der Waals surface area contributed by atoms with E-state index >= 15 is 0 Å². The van der Waals surface area contributed by atoms with Crippen molar-refractivity contribution in [2.24, 2.45) is 0 Å². The molecule has 0 fully saturated rings. The van der Waals surface area contributed by atoms with Gasteiger partial charge in [0.1, 0.15) is 17.2 Å². The lowest BCUT2D eigenvalue weighted by Gasteiger charge is -2.20. The van der Waals surface area contributed by atoms with Gasteiger partial charge in [0.05, 0.1) is 36.2 Å². The van der Waals surface area contributed by atoms with Crippen LogP contribution >= 0.6 is 11.8 Å². The van der Waals surface area contributed by atoms with Crippen molar-refractivity contribution < 1.29 is 9.47 Å². The standard InChI is InChI=1S/C15H13N2O2S/c1-2-10-8-11(17-9-13(10)18-5-1)14-15-12(3-4-16-14)19-6-7-20-15/h3,8-9H,1-2,5-7H2. The maximum Gasteiger partial charge on any atom is 0.140 e. The first-order valence-corrected chi connectivity index (χ1v) is 7.69. The lowest BCUT2D eigenvalue weighted by atomic mass is 10.1. The minimum Gasteiger partial charge on any atom is -0.492 e. The molecule has 2 aromatic heterocycles. The van der Waals surface area contributed by atoms with E-state index in [1.165, 1.54) is 5.56 Å². The van der Waals surface area contributed by atoms with Gasteiger partial charge in [-0.3, -0.25) is 4.98 Å². The van der Waals surface area contributed by atoms with Crippen LogP contribution in [0.3, 0.4) is 0 Å². The minimum atomic E-state index is 0.737. The summed E-state index contributed by atoms with van der Waals surface area (Å²) >= 11 is 1.77. The van der Waals surface area contributed by atoms with Crippen LogP contribution in [0.5, 0.6) is 11.5 Å². The third-order valence-electron chi connectivity index (χ3n) is 3.44. The van der Waals surface area contributed by atoms with Crippen LogP contribution in [0.15, 0.2) is 23.2 Å². The lowest BCUT2D eigenvalue weighted by molar-refractivity contribution is 0.287. The van der Waals surface area contributed by atoms with Crippen LogP contribution in [0.25, 0.3) is 11.4 Å². The van der Waals surface area contributed by atoms with Gasteiger partial charge >= 0.3 is 0 Å². The van der Waals surface area contributed by atoms with E-state index in [-0.39, 0.29) is 0 Å². The van der Waals surface area contributed by atoms with E-state index in [4.69, 9.17) is 9.47 Å². The Labute approximate surface area is 121 Å². The smallest absolute Gasteiger partial charge is 0.140 e. The molecule has 101 valence electrons. The Morgan fingerprint density at radius 2 is 2.15 bits per heavy atom. The summed E-state index contributed by atoms with van der Waals surface area (Å²) in [6.45, 7) is 1.52. The summed E-state index contributed by atoms with van der Waals surface area (Å²) in [6, 6.07) is 3.88. The molecule has 2 aromatic rings. The number of hydrogen-bond acceptors (Lipinski definition) is 5. The van der Waals surface area contributed by atoms with E-state index in [1.54, 1.807) is 24.0 Å². The van der Waals surface area contributed by atoms with E-state index in [0.717, 1.165) is 59.6 Å². The first-order valence-electron chi connectivity index (χ1n) is 6.70. The molecule has 0 amide bonds. The van der Waals surface area contributed by atoms with Crippen molar-refractivity contribution >= 4 is 11.8 Å². The van der Waals surface area contributed by atoms with Crippen LogP contribution in [0.2, 0.25) is 0 Å². The van der Waals surface area contributed by atoms with Gasteiger partial charge in [0.15, 0.2) is 0 Å². The molecule has 4 nitrogen and oxygen atoms in total. The van der Waals surface area contributed by atoms with Gasteiger partial charge in [0, 0.05) is 11.8 Å². The molecule has 2 aliphatic heterocycles. The van der Waals surface area contributed by atoms with E-state index in [9.17, 15) is 0 Å². The molecule has 0 N–H and O–H groups in total. The summed E-state index contributed by atoms with van der Waals surface area (Å²) in [4.78, 5) is 9.94. The summed E-state index contributed by atoms with van der Waals surface area (Å²) < 4.78 is 11.3. The SMILES string of the molecule is [c]1cc2c(c(-c3cc4c(cn3)OCCC4)n1)SCCO2. The van der Waals surface area contributed by atoms with Gasteiger partial charge in [-0.05, 0) is 24.5 Å². The van der Waals surface area contributed by atoms with Gasteiger partial charge in [-0.15, -0.1) is 11.8 Å². The second-order valence-electron chi connectivity index (χ2n) is 4.75. The van der Waals surface area contributed by atoms with Gasteiger partial charge in [-0.25, -0.2) is 4.98 Å². The minimum absolute atomic E-state index is 0.737. The maximum atomic E-state index is 5.65. The highest BCUT2D eigenvalue weighted by Crippen LogP contribution is 2.39. The van der Waals surface area contributed by atoms with E-state index in [0.29, 0.717) is 0 Å². The van der Waals surface area contributed by atoms with Gasteiger partial charge in [-0.2, -0.15) is 0 Å². The molecule has 0 unspecified atom stereocenters. The summed E-state index contributed by atoms with van der Waals surface area (Å²) in [5, 5.41) is 0. The summed E-state index contributed by atoms with van der Waals surface area (Å²) in [7, 11) is 0. The Hall–Kier alpha value is -1.75. The zero-order valence-electron chi connectivity index (χ0n) is 10.9. The highest BCUT2D eigenvalue weighted by Gasteiger charge is 2.20. The molecule has 2 aliphatic rings. The molecule has 0 aromatic carbocycles. The molecule has 0 saturated carbocycles. The fourth-order valence-corrected chi connectivity index (χ4v) is 3.41. The molecule has 0 spiro atoms. The van der Waals surface area contributed by atoms with Crippen molar-refractivity contribution in [2.75, 3.05) is 19.0 Å². The summed E-state index contributed by atoms with van der Waals surface area (Å²) in [5.41, 5.74) is 2.95. The van der Waals surface area contributed by atoms with Gasteiger partial charge in [0.25, 0.3) is 0 Å². The number of nitrogens with zero attached hydrogens (tertiary/aromatic N) is 2. The van der Waals surface area contributed by atoms with Crippen LogP contribution < -0.4 is 9.47 Å². The summed E-state index contributed by atoms with van der Waals surface area (Å²) in [6.07, 6.45) is 6.80. The molecular weight excluding hydrogens is 272 g/mol. The Bertz CT molecular complexity index is 660. The van der Waals surface area contributed by atoms with Crippen molar-refractivity contribution in [1.82, 2.24) is 9.97 Å². The Morgan fingerprint density at radius 3 is 3.15 bits per heavy atom. The molecule has 0 bridgehead atoms. The first-order chi connectivity index (χ1) is 9.92. The lowest BCUT2D eigenvalue weighted by Crippen LogP contribution is -2.10. The van der Waals surface area contributed by atoms with Crippen LogP contribution in [-0.4, -0.2) is 28.9 Å². The van der Waals surface area contributed by atoms with Crippen molar-refractivity contribution in [3.05, 3.63) is 30.1 Å². The Kier molecular flexibility index (Phi) is 2.99. The molecule has 4 heterocycles. The van der Waals surface area contributed by atoms with Crippen LogP contribution in [0, 0.1) is 6.20 Å². The van der Waals surface area contributed by atoms with Crippen molar-refractivity contribution in [2.45, 2.75) is 17.7 Å². The molecule has 1 radical (unpaired) electrons. The largest absolute Gasteiger partial charge is 0.492 e. The Balaban J connectivity index is 1.81. The molecule has 20 heavy (non-hydrogen) atoms. The van der Waals surface area contributed by atoms with Crippen molar-refractivity contribution in [3.8, 4) is 22.9 Å². The fourth-order valence-electron chi connectivity index (χ4n) is 2.49. The van der Waals surface area contributed by atoms with Gasteiger partial charge in [0.2, 0.25) is 0 Å². The molecule has 0 aliphatic carbocycles. The number of aryl methyl sites for hydroxylation is 1. The number of fused-ring (bicyclic) bond motifs is 2. The topological polar surface area (TPSA) is 44.2 Å². The van der Waals surface area contributed by atoms with Crippen LogP contribution in [0.4, 0.5) is 0 Å². The molecule has 5 heteroatoms. The van der Waals surface area contributed by atoms with E-state index in [2.05, 4.69) is 22.2 Å². The first kappa shape index (κ1) is 12.0. The zero-order chi connectivity index (χ0) is 13.4. The molecule has 0 saturated heterocycles. The normalized spacial score (nSPS) is 16.6. The highest BCUT2D eigenvalue weighted by molar-refractivity contribution is 7.99.